The summed E-state index contributed by atoms with van der Waals surface area (Å²) in [7, 11) is 0. The number of carbonyl (C=O) groups excluding carboxylic acids is 3. The van der Waals surface area contributed by atoms with Crippen LogP contribution in [0.25, 0.3) is 11.4 Å². The Bertz CT molecular complexity index is 1810. The van der Waals surface area contributed by atoms with Crippen LogP contribution < -0.4 is 14.4 Å². The van der Waals surface area contributed by atoms with Crippen molar-refractivity contribution in [1.82, 2.24) is 14.4 Å². The third kappa shape index (κ3) is 5.44. The van der Waals surface area contributed by atoms with Crippen LogP contribution in [0.15, 0.2) is 60.8 Å². The van der Waals surface area contributed by atoms with Gasteiger partial charge in [0.05, 0.1) is 36.2 Å². The zero-order valence-electron chi connectivity index (χ0n) is 24.8. The van der Waals surface area contributed by atoms with Gasteiger partial charge in [-0.1, -0.05) is 43.0 Å². The first-order chi connectivity index (χ1) is 21.2. The monoisotopic (exact) mass is 616 g/mol. The van der Waals surface area contributed by atoms with Gasteiger partial charge < -0.3 is 19.3 Å². The summed E-state index contributed by atoms with van der Waals surface area (Å²) < 4.78 is 18.6. The van der Waals surface area contributed by atoms with Gasteiger partial charge in [0.15, 0.2) is 22.4 Å². The number of aryl methyl sites for hydroxylation is 2. The first kappa shape index (κ1) is 30.5. The number of esters is 1. The molecule has 1 amide bonds. The number of aromatic nitrogens is 3. The molecule has 1 fully saturated rings. The summed E-state index contributed by atoms with van der Waals surface area (Å²) in [6, 6.07) is 9.35. The predicted molar refractivity (Wildman–Crippen MR) is 165 cm³/mol. The number of Topliss-reactive ketones (excluding diaryl/α,β-unsaturated/α-hetero) is 1. The van der Waals surface area contributed by atoms with E-state index < -0.39 is 29.5 Å². The molecule has 5 rings (SSSR count). The van der Waals surface area contributed by atoms with Crippen molar-refractivity contribution in [2.45, 2.75) is 40.2 Å². The van der Waals surface area contributed by atoms with Gasteiger partial charge >= 0.3 is 11.9 Å². The first-order valence-electron chi connectivity index (χ1n) is 14.1. The van der Waals surface area contributed by atoms with Crippen LogP contribution in [0.3, 0.4) is 0 Å². The molecule has 4 heterocycles. The van der Waals surface area contributed by atoms with E-state index in [-0.39, 0.29) is 27.9 Å². The first-order valence-corrected chi connectivity index (χ1v) is 14.9. The molecule has 12 heteroatoms. The van der Waals surface area contributed by atoms with Crippen molar-refractivity contribution in [3.63, 3.8) is 0 Å². The van der Waals surface area contributed by atoms with Crippen molar-refractivity contribution in [2.24, 2.45) is 0 Å². The molecule has 11 nitrogen and oxygen atoms in total. The molecule has 44 heavy (non-hydrogen) atoms. The number of imidazole rings is 1. The van der Waals surface area contributed by atoms with Crippen molar-refractivity contribution in [3.05, 3.63) is 88.3 Å². The number of ether oxygens (including phenoxy) is 3. The number of anilines is 1. The largest absolute Gasteiger partial charge is 0.505 e. The number of benzene rings is 1. The second-order valence-corrected chi connectivity index (χ2v) is 10.9. The van der Waals surface area contributed by atoms with Crippen LogP contribution in [0.5, 0.6) is 11.5 Å². The van der Waals surface area contributed by atoms with Gasteiger partial charge in [-0.05, 0) is 57.0 Å². The van der Waals surface area contributed by atoms with Gasteiger partial charge in [-0.25, -0.2) is 14.8 Å². The van der Waals surface area contributed by atoms with E-state index in [1.165, 1.54) is 11.0 Å². The molecule has 1 aliphatic heterocycles. The molecule has 1 atom stereocenters. The molecular weight excluding hydrogens is 584 g/mol. The molecule has 1 unspecified atom stereocenters. The zero-order chi connectivity index (χ0) is 31.5. The van der Waals surface area contributed by atoms with Gasteiger partial charge in [-0.2, -0.15) is 0 Å². The highest BCUT2D eigenvalue weighted by Gasteiger charge is 2.49. The number of hydrogen-bond acceptors (Lipinski definition) is 10. The lowest BCUT2D eigenvalue weighted by molar-refractivity contribution is -0.132. The maximum atomic E-state index is 13.8. The van der Waals surface area contributed by atoms with E-state index in [4.69, 9.17) is 14.2 Å². The maximum absolute atomic E-state index is 13.8. The average molecular weight is 617 g/mol. The minimum Gasteiger partial charge on any atom is -0.505 e. The van der Waals surface area contributed by atoms with Crippen LogP contribution in [-0.2, 0) is 14.3 Å². The highest BCUT2D eigenvalue weighted by Crippen LogP contribution is 2.46. The number of hydrogen-bond donors (Lipinski definition) is 1. The van der Waals surface area contributed by atoms with Crippen molar-refractivity contribution in [2.75, 3.05) is 24.7 Å². The minimum absolute atomic E-state index is 0.00132. The molecule has 0 radical (unpaired) electrons. The van der Waals surface area contributed by atoms with Gasteiger partial charge in [0.2, 0.25) is 0 Å². The smallest absolute Gasteiger partial charge is 0.350 e. The highest BCUT2D eigenvalue weighted by atomic mass is 32.1. The summed E-state index contributed by atoms with van der Waals surface area (Å²) in [6.07, 6.45) is 3.95. The standard InChI is InChI=1S/C32H32N4O7S/c1-6-15-42-21-13-12-20(17-22(21)41-8-3)26-24(27(37)25-18(4)33-23-11-9-10-14-35(23)25)28(38)30(39)36(26)32-34-19(5)29(44-32)31(40)43-16-7-2/h7,9-14,17,26,37H,2,6,8,15-16H2,1,3-5H3. The summed E-state index contributed by atoms with van der Waals surface area (Å²) in [6.45, 7) is 11.5. The van der Waals surface area contributed by atoms with E-state index in [9.17, 15) is 19.5 Å². The van der Waals surface area contributed by atoms with Crippen molar-refractivity contribution >= 4 is 45.5 Å². The quantitative estimate of drug-likeness (QED) is 0.0756. The van der Waals surface area contributed by atoms with E-state index in [0.717, 1.165) is 17.8 Å². The number of thiazole rings is 1. The molecular formula is C32H32N4O7S. The normalized spacial score (nSPS) is 16.0. The number of pyridine rings is 1. The van der Waals surface area contributed by atoms with Crippen LogP contribution in [0.1, 0.15) is 58.6 Å². The Morgan fingerprint density at radius 1 is 1.09 bits per heavy atom. The maximum Gasteiger partial charge on any atom is 0.350 e. The molecule has 3 aromatic heterocycles. The minimum atomic E-state index is -1.12. The Kier molecular flexibility index (Phi) is 8.81. The van der Waals surface area contributed by atoms with E-state index in [1.807, 2.05) is 19.9 Å². The molecule has 0 aliphatic carbocycles. The fraction of sp³-hybridized carbons (Fsp3) is 0.281. The van der Waals surface area contributed by atoms with Crippen LogP contribution in [-0.4, -0.2) is 57.0 Å². The topological polar surface area (TPSA) is 133 Å². The number of aliphatic hydroxyl groups excluding tert-OH is 1. The molecule has 1 N–H and O–H groups in total. The number of amides is 1. The van der Waals surface area contributed by atoms with E-state index >= 15 is 0 Å². The highest BCUT2D eigenvalue weighted by molar-refractivity contribution is 7.17. The van der Waals surface area contributed by atoms with Crippen molar-refractivity contribution < 1.29 is 33.7 Å². The third-order valence-corrected chi connectivity index (χ3v) is 8.06. The number of carbonyl (C=O) groups is 3. The lowest BCUT2D eigenvalue weighted by atomic mass is 9.96. The SMILES string of the molecule is C=CCOC(=O)c1sc(N2C(=O)C(=O)C(=C(O)c3c(C)nc4ccccn34)C2c2ccc(OCCC)c(OCC)c2)nc1C. The number of nitrogens with zero attached hydrogens (tertiary/aromatic N) is 4. The summed E-state index contributed by atoms with van der Waals surface area (Å²) >= 11 is 0.920. The average Bonchev–Trinajstić information content (AvgIpc) is 3.64. The fourth-order valence-electron chi connectivity index (χ4n) is 5.04. The number of ketones is 1. The molecule has 1 aliphatic rings. The van der Waals surface area contributed by atoms with Crippen LogP contribution >= 0.6 is 11.3 Å². The lowest BCUT2D eigenvalue weighted by Gasteiger charge is -2.24. The number of fused-ring (bicyclic) bond motifs is 1. The summed E-state index contributed by atoms with van der Waals surface area (Å²) in [5, 5.41) is 11.9. The van der Waals surface area contributed by atoms with Gasteiger partial charge in [0, 0.05) is 6.20 Å². The van der Waals surface area contributed by atoms with Gasteiger partial charge in [0.1, 0.15) is 22.8 Å². The van der Waals surface area contributed by atoms with Crippen LogP contribution in [0.2, 0.25) is 0 Å². The molecule has 0 bridgehead atoms. The predicted octanol–water partition coefficient (Wildman–Crippen LogP) is 5.56. The second kappa shape index (κ2) is 12.7. The molecule has 1 saturated heterocycles. The summed E-state index contributed by atoms with van der Waals surface area (Å²) in [4.78, 5) is 50.7. The fourth-order valence-corrected chi connectivity index (χ4v) is 6.03. The lowest BCUT2D eigenvalue weighted by Crippen LogP contribution is -2.29. The third-order valence-electron chi connectivity index (χ3n) is 6.93. The molecule has 4 aromatic rings. The van der Waals surface area contributed by atoms with E-state index in [1.54, 1.807) is 54.8 Å². The van der Waals surface area contributed by atoms with Crippen molar-refractivity contribution in [1.29, 1.82) is 0 Å². The van der Waals surface area contributed by atoms with Gasteiger partial charge in [0.25, 0.3) is 5.78 Å². The molecule has 0 spiro atoms. The molecule has 0 saturated carbocycles. The van der Waals surface area contributed by atoms with E-state index in [2.05, 4.69) is 16.5 Å². The second-order valence-electron chi connectivity index (χ2n) is 9.93. The Labute approximate surface area is 258 Å². The Morgan fingerprint density at radius 2 is 1.89 bits per heavy atom. The van der Waals surface area contributed by atoms with Crippen LogP contribution in [0, 0.1) is 13.8 Å². The van der Waals surface area contributed by atoms with Gasteiger partial charge in [-0.3, -0.25) is 18.9 Å². The van der Waals surface area contributed by atoms with Crippen LogP contribution in [0.4, 0.5) is 5.13 Å². The molecule has 1 aromatic carbocycles. The van der Waals surface area contributed by atoms with E-state index in [0.29, 0.717) is 47.3 Å². The Morgan fingerprint density at radius 3 is 2.61 bits per heavy atom. The number of aliphatic hydroxyl groups is 1. The summed E-state index contributed by atoms with van der Waals surface area (Å²) in [5.74, 6) is -1.92. The Hall–Kier alpha value is -4.97. The summed E-state index contributed by atoms with van der Waals surface area (Å²) in [5.41, 5.74) is 1.95. The Balaban J connectivity index is 1.73. The van der Waals surface area contributed by atoms with Crippen molar-refractivity contribution in [3.8, 4) is 11.5 Å². The zero-order valence-corrected chi connectivity index (χ0v) is 25.6. The van der Waals surface area contributed by atoms with Gasteiger partial charge in [-0.15, -0.1) is 0 Å². The number of rotatable bonds is 11. The molecule has 228 valence electrons.